The van der Waals surface area contributed by atoms with Crippen LogP contribution >= 0.6 is 0 Å². The lowest BCUT2D eigenvalue weighted by Gasteiger charge is -2.26. The Kier molecular flexibility index (Phi) is 5.32. The Morgan fingerprint density at radius 2 is 1.61 bits per heavy atom. The van der Waals surface area contributed by atoms with E-state index in [1.807, 2.05) is 0 Å². The summed E-state index contributed by atoms with van der Waals surface area (Å²) < 4.78 is 33.2. The number of carbonyl (C=O) groups is 1. The van der Waals surface area contributed by atoms with Crippen molar-refractivity contribution in [1.29, 1.82) is 0 Å². The Labute approximate surface area is 179 Å². The number of phenolic OH excluding ortho intramolecular Hbond substituents is 1. The summed E-state index contributed by atoms with van der Waals surface area (Å²) in [5.41, 5.74) is 1.20. The van der Waals surface area contributed by atoms with Gasteiger partial charge in [0.25, 0.3) is 0 Å². The lowest BCUT2D eigenvalue weighted by molar-refractivity contribution is 0.0521. The number of esters is 1. The van der Waals surface area contributed by atoms with E-state index in [1.165, 1.54) is 10.4 Å². The number of nitrogens with zero attached hydrogens (tertiary/aromatic N) is 1. The summed E-state index contributed by atoms with van der Waals surface area (Å²) in [6.07, 6.45) is 0. The van der Waals surface area contributed by atoms with Gasteiger partial charge in [-0.1, -0.05) is 42.5 Å². The standard InChI is InChI=1S/C23H22N2O5S/c1-3-30-23(27)21-22(17-11-7-8-12-18(17)24-21)25(31(28,29)4-2)19-13-14-20(26)16-10-6-5-9-15(16)19/h5-14,24,26H,3-4H2,1-2H3. The number of H-pyrrole nitrogens is 1. The third-order valence-electron chi connectivity index (χ3n) is 5.10. The van der Waals surface area contributed by atoms with Crippen molar-refractivity contribution in [2.45, 2.75) is 13.8 Å². The van der Waals surface area contributed by atoms with E-state index in [4.69, 9.17) is 4.74 Å². The molecule has 0 unspecified atom stereocenters. The van der Waals surface area contributed by atoms with Gasteiger partial charge in [-0.2, -0.15) is 0 Å². The molecular formula is C23H22N2O5S. The van der Waals surface area contributed by atoms with Crippen molar-refractivity contribution in [3.05, 3.63) is 66.4 Å². The summed E-state index contributed by atoms with van der Waals surface area (Å²) in [4.78, 5) is 15.8. The van der Waals surface area contributed by atoms with Gasteiger partial charge in [0.1, 0.15) is 5.75 Å². The number of phenols is 1. The van der Waals surface area contributed by atoms with Crippen LogP contribution in [-0.2, 0) is 14.8 Å². The van der Waals surface area contributed by atoms with Crippen molar-refractivity contribution in [1.82, 2.24) is 4.98 Å². The lowest BCUT2D eigenvalue weighted by atomic mass is 10.1. The minimum atomic E-state index is -3.88. The molecule has 0 amide bonds. The molecule has 0 spiro atoms. The van der Waals surface area contributed by atoms with Crippen LogP contribution in [0.3, 0.4) is 0 Å². The van der Waals surface area contributed by atoms with E-state index in [0.717, 1.165) is 0 Å². The lowest BCUT2D eigenvalue weighted by Crippen LogP contribution is -2.29. The first kappa shape index (κ1) is 20.7. The second-order valence-electron chi connectivity index (χ2n) is 6.93. The predicted octanol–water partition coefficient (Wildman–Crippen LogP) is 4.69. The average molecular weight is 439 g/mol. The van der Waals surface area contributed by atoms with Crippen molar-refractivity contribution >= 4 is 49.0 Å². The number of carbonyl (C=O) groups excluding carboxylic acids is 1. The number of hydrogen-bond donors (Lipinski definition) is 2. The molecule has 0 fully saturated rings. The Bertz CT molecular complexity index is 1390. The Morgan fingerprint density at radius 3 is 2.29 bits per heavy atom. The first-order valence-corrected chi connectivity index (χ1v) is 11.5. The van der Waals surface area contributed by atoms with Crippen LogP contribution in [0.25, 0.3) is 21.7 Å². The molecule has 0 saturated heterocycles. The summed E-state index contributed by atoms with van der Waals surface area (Å²) >= 11 is 0. The van der Waals surface area contributed by atoms with Crippen molar-refractivity contribution in [3.63, 3.8) is 0 Å². The molecule has 8 heteroatoms. The third kappa shape index (κ3) is 3.48. The fourth-order valence-electron chi connectivity index (χ4n) is 3.67. The van der Waals surface area contributed by atoms with E-state index in [9.17, 15) is 18.3 Å². The summed E-state index contributed by atoms with van der Waals surface area (Å²) in [6.45, 7) is 3.38. The van der Waals surface area contributed by atoms with Gasteiger partial charge in [-0.15, -0.1) is 0 Å². The number of aromatic hydroxyl groups is 1. The molecule has 1 aromatic heterocycles. The van der Waals surface area contributed by atoms with Crippen LogP contribution < -0.4 is 4.31 Å². The van der Waals surface area contributed by atoms with Gasteiger partial charge in [0.15, 0.2) is 5.69 Å². The molecule has 0 bridgehead atoms. The molecule has 4 rings (SSSR count). The quantitative estimate of drug-likeness (QED) is 0.426. The fourth-order valence-corrected chi connectivity index (χ4v) is 4.86. The van der Waals surface area contributed by atoms with Crippen molar-refractivity contribution in [2.24, 2.45) is 0 Å². The number of aromatic nitrogens is 1. The number of anilines is 2. The van der Waals surface area contributed by atoms with Crippen LogP contribution in [0.5, 0.6) is 5.75 Å². The minimum Gasteiger partial charge on any atom is -0.507 e. The molecule has 0 aliphatic heterocycles. The highest BCUT2D eigenvalue weighted by molar-refractivity contribution is 7.93. The van der Waals surface area contributed by atoms with E-state index in [2.05, 4.69) is 4.98 Å². The largest absolute Gasteiger partial charge is 0.507 e. The molecule has 3 aromatic carbocycles. The number of rotatable bonds is 6. The van der Waals surface area contributed by atoms with Gasteiger partial charge in [0.05, 0.1) is 23.7 Å². The zero-order valence-corrected chi connectivity index (χ0v) is 17.9. The second-order valence-corrected chi connectivity index (χ2v) is 9.04. The van der Waals surface area contributed by atoms with E-state index in [0.29, 0.717) is 27.4 Å². The van der Waals surface area contributed by atoms with Crippen LogP contribution in [0.1, 0.15) is 24.3 Å². The summed E-state index contributed by atoms with van der Waals surface area (Å²) in [5, 5.41) is 11.9. The smallest absolute Gasteiger partial charge is 0.356 e. The van der Waals surface area contributed by atoms with Crippen LogP contribution in [0, 0.1) is 0 Å². The van der Waals surface area contributed by atoms with Crippen LogP contribution in [0.4, 0.5) is 11.4 Å². The molecule has 1 heterocycles. The van der Waals surface area contributed by atoms with Crippen LogP contribution in [0.15, 0.2) is 60.7 Å². The zero-order chi connectivity index (χ0) is 22.2. The highest BCUT2D eigenvalue weighted by atomic mass is 32.2. The maximum atomic E-state index is 13.4. The number of hydrogen-bond acceptors (Lipinski definition) is 5. The molecule has 2 N–H and O–H groups in total. The molecule has 0 atom stereocenters. The summed E-state index contributed by atoms with van der Waals surface area (Å²) in [7, 11) is -3.88. The Balaban J connectivity index is 2.12. The first-order valence-electron chi connectivity index (χ1n) is 9.90. The maximum Gasteiger partial charge on any atom is 0.356 e. The number of benzene rings is 3. The van der Waals surface area contributed by atoms with Gasteiger partial charge in [0, 0.05) is 21.7 Å². The second kappa shape index (κ2) is 7.96. The molecule has 31 heavy (non-hydrogen) atoms. The molecule has 160 valence electrons. The number of sulfonamides is 1. The highest BCUT2D eigenvalue weighted by Gasteiger charge is 2.32. The van der Waals surface area contributed by atoms with Gasteiger partial charge in [-0.3, -0.25) is 0 Å². The number of para-hydroxylation sites is 1. The predicted molar refractivity (Wildman–Crippen MR) is 121 cm³/mol. The Morgan fingerprint density at radius 1 is 0.968 bits per heavy atom. The molecule has 0 radical (unpaired) electrons. The minimum absolute atomic E-state index is 0.0396. The summed E-state index contributed by atoms with van der Waals surface area (Å²) in [5.74, 6) is -0.796. The van der Waals surface area contributed by atoms with E-state index in [1.54, 1.807) is 68.4 Å². The van der Waals surface area contributed by atoms with Gasteiger partial charge in [-0.05, 0) is 32.0 Å². The normalized spacial score (nSPS) is 11.7. The van der Waals surface area contributed by atoms with Gasteiger partial charge < -0.3 is 14.8 Å². The number of fused-ring (bicyclic) bond motifs is 2. The van der Waals surface area contributed by atoms with Crippen LogP contribution in [-0.4, -0.2) is 36.8 Å². The highest BCUT2D eigenvalue weighted by Crippen LogP contribution is 2.43. The zero-order valence-electron chi connectivity index (χ0n) is 17.1. The molecule has 0 aliphatic carbocycles. The van der Waals surface area contributed by atoms with Crippen molar-refractivity contribution in [2.75, 3.05) is 16.7 Å². The molecule has 4 aromatic rings. The van der Waals surface area contributed by atoms with Gasteiger partial charge in [-0.25, -0.2) is 17.5 Å². The van der Waals surface area contributed by atoms with Crippen LogP contribution in [0.2, 0.25) is 0 Å². The monoisotopic (exact) mass is 438 g/mol. The van der Waals surface area contributed by atoms with Crippen molar-refractivity contribution < 1.29 is 23.1 Å². The average Bonchev–Trinajstić information content (AvgIpc) is 3.15. The molecular weight excluding hydrogens is 416 g/mol. The molecule has 0 saturated carbocycles. The summed E-state index contributed by atoms with van der Waals surface area (Å²) in [6, 6.07) is 17.1. The topological polar surface area (TPSA) is 99.7 Å². The number of ether oxygens (including phenoxy) is 1. The van der Waals surface area contributed by atoms with E-state index in [-0.39, 0.29) is 29.5 Å². The first-order chi connectivity index (χ1) is 14.9. The van der Waals surface area contributed by atoms with Gasteiger partial charge in [0.2, 0.25) is 10.0 Å². The number of aromatic amines is 1. The van der Waals surface area contributed by atoms with Crippen molar-refractivity contribution in [3.8, 4) is 5.75 Å². The SMILES string of the molecule is CCOC(=O)c1[nH]c2ccccc2c1N(c1ccc(O)c2ccccc12)S(=O)(=O)CC. The molecule has 0 aliphatic rings. The van der Waals surface area contributed by atoms with Gasteiger partial charge >= 0.3 is 5.97 Å². The van der Waals surface area contributed by atoms with E-state index >= 15 is 0 Å². The third-order valence-corrected chi connectivity index (χ3v) is 6.77. The van der Waals surface area contributed by atoms with E-state index < -0.39 is 16.0 Å². The number of nitrogens with one attached hydrogen (secondary N) is 1. The Hall–Kier alpha value is -3.52. The molecule has 7 nitrogen and oxygen atoms in total. The maximum absolute atomic E-state index is 13.4. The fraction of sp³-hybridized carbons (Fsp3) is 0.174.